The van der Waals surface area contributed by atoms with Gasteiger partial charge in [-0.1, -0.05) is 247 Å². The smallest absolute Gasteiger partial charge is 0.306 e. The van der Waals surface area contributed by atoms with Crippen LogP contribution in [0.3, 0.4) is 0 Å². The van der Waals surface area contributed by atoms with Crippen LogP contribution in [0, 0.1) is 0 Å². The van der Waals surface area contributed by atoms with Crippen molar-refractivity contribution in [2.24, 2.45) is 0 Å². The van der Waals surface area contributed by atoms with Crippen molar-refractivity contribution < 1.29 is 28.6 Å². The molecule has 6 nitrogen and oxygen atoms in total. The maximum atomic E-state index is 12.8. The topological polar surface area (TPSA) is 78.9 Å². The van der Waals surface area contributed by atoms with Gasteiger partial charge in [-0.3, -0.25) is 14.4 Å². The summed E-state index contributed by atoms with van der Waals surface area (Å²) in [6, 6.07) is 0. The minimum Gasteiger partial charge on any atom is -0.462 e. The molecule has 0 fully saturated rings. The van der Waals surface area contributed by atoms with E-state index in [1.165, 1.54) is 122 Å². The van der Waals surface area contributed by atoms with Crippen molar-refractivity contribution in [3.8, 4) is 0 Å². The van der Waals surface area contributed by atoms with Crippen LogP contribution in [-0.4, -0.2) is 37.2 Å². The molecular formula is C63H108O6. The fraction of sp³-hybridized carbons (Fsp3) is 0.730. The van der Waals surface area contributed by atoms with Gasteiger partial charge in [0.15, 0.2) is 6.10 Å². The van der Waals surface area contributed by atoms with E-state index < -0.39 is 6.10 Å². The largest absolute Gasteiger partial charge is 0.462 e. The van der Waals surface area contributed by atoms with Crippen LogP contribution in [0.2, 0.25) is 0 Å². The Balaban J connectivity index is 4.32. The van der Waals surface area contributed by atoms with Gasteiger partial charge in [0.2, 0.25) is 0 Å². The Morgan fingerprint density at radius 1 is 0.304 bits per heavy atom. The quantitative estimate of drug-likeness (QED) is 0.0262. The number of hydrogen-bond donors (Lipinski definition) is 0. The summed E-state index contributed by atoms with van der Waals surface area (Å²) in [4.78, 5) is 38.1. The van der Waals surface area contributed by atoms with Crippen molar-refractivity contribution in [2.45, 2.75) is 284 Å². The van der Waals surface area contributed by atoms with Crippen molar-refractivity contribution in [3.05, 3.63) is 85.1 Å². The van der Waals surface area contributed by atoms with E-state index in [1.54, 1.807) is 0 Å². The summed E-state index contributed by atoms with van der Waals surface area (Å²) < 4.78 is 16.8. The summed E-state index contributed by atoms with van der Waals surface area (Å²) >= 11 is 0. The van der Waals surface area contributed by atoms with Gasteiger partial charge in [-0.15, -0.1) is 0 Å². The van der Waals surface area contributed by atoms with Gasteiger partial charge >= 0.3 is 17.9 Å². The first-order chi connectivity index (χ1) is 34.0. The Hall–Kier alpha value is -3.41. The Morgan fingerprint density at radius 3 is 0.884 bits per heavy atom. The molecule has 0 aromatic carbocycles. The SMILES string of the molecule is CC/C=C\C/C=C\C/C=C\C/C=C\CCCCCCCCCCC(=O)OCC(COC(=O)CCCCCCCCCCC)OC(=O)CCCCCCCC/C=C\C/C=C\C/C=C\CCCCCCC. The van der Waals surface area contributed by atoms with Crippen molar-refractivity contribution in [1.82, 2.24) is 0 Å². The molecule has 0 rings (SSSR count). The Kier molecular flexibility index (Phi) is 54.3. The van der Waals surface area contributed by atoms with Crippen LogP contribution in [-0.2, 0) is 28.6 Å². The van der Waals surface area contributed by atoms with E-state index in [2.05, 4.69) is 106 Å². The molecule has 0 aliphatic carbocycles. The molecule has 0 radical (unpaired) electrons. The fourth-order valence-electron chi connectivity index (χ4n) is 8.03. The highest BCUT2D eigenvalue weighted by Gasteiger charge is 2.19. The first kappa shape index (κ1) is 65.6. The Morgan fingerprint density at radius 2 is 0.565 bits per heavy atom. The lowest BCUT2D eigenvalue weighted by Crippen LogP contribution is -2.30. The maximum Gasteiger partial charge on any atom is 0.306 e. The van der Waals surface area contributed by atoms with E-state index in [4.69, 9.17) is 14.2 Å². The fourth-order valence-corrected chi connectivity index (χ4v) is 8.03. The van der Waals surface area contributed by atoms with Gasteiger partial charge in [0.05, 0.1) is 0 Å². The molecule has 0 heterocycles. The summed E-state index contributed by atoms with van der Waals surface area (Å²) in [7, 11) is 0. The zero-order valence-corrected chi connectivity index (χ0v) is 45.3. The summed E-state index contributed by atoms with van der Waals surface area (Å²) in [5.41, 5.74) is 0. The molecule has 0 aliphatic rings. The number of esters is 3. The molecular weight excluding hydrogens is 853 g/mol. The van der Waals surface area contributed by atoms with Crippen LogP contribution in [0.25, 0.3) is 0 Å². The molecule has 0 aliphatic heterocycles. The van der Waals surface area contributed by atoms with Gasteiger partial charge in [-0.05, 0) is 96.3 Å². The minimum absolute atomic E-state index is 0.0832. The molecule has 0 spiro atoms. The van der Waals surface area contributed by atoms with Gasteiger partial charge < -0.3 is 14.2 Å². The lowest BCUT2D eigenvalue weighted by Gasteiger charge is -2.18. The second-order valence-electron chi connectivity index (χ2n) is 19.2. The highest BCUT2D eigenvalue weighted by Crippen LogP contribution is 2.15. The maximum absolute atomic E-state index is 12.8. The van der Waals surface area contributed by atoms with Crippen LogP contribution in [0.1, 0.15) is 278 Å². The predicted molar refractivity (Wildman–Crippen MR) is 297 cm³/mol. The third-order valence-electron chi connectivity index (χ3n) is 12.4. The number of ether oxygens (including phenoxy) is 3. The lowest BCUT2D eigenvalue weighted by molar-refractivity contribution is -0.167. The second kappa shape index (κ2) is 57.2. The number of rotatable bonds is 52. The highest BCUT2D eigenvalue weighted by molar-refractivity contribution is 5.71. The molecule has 6 heteroatoms. The number of allylic oxidation sites excluding steroid dienone is 14. The van der Waals surface area contributed by atoms with Gasteiger partial charge in [0.25, 0.3) is 0 Å². The summed E-state index contributed by atoms with van der Waals surface area (Å²) in [5, 5.41) is 0. The first-order valence-electron chi connectivity index (χ1n) is 29.1. The molecule has 0 aromatic rings. The van der Waals surface area contributed by atoms with Gasteiger partial charge in [0, 0.05) is 19.3 Å². The minimum atomic E-state index is -0.785. The lowest BCUT2D eigenvalue weighted by atomic mass is 10.1. The zero-order chi connectivity index (χ0) is 50.0. The van der Waals surface area contributed by atoms with Crippen LogP contribution in [0.15, 0.2) is 85.1 Å². The normalized spacial score (nSPS) is 12.7. The monoisotopic (exact) mass is 961 g/mol. The van der Waals surface area contributed by atoms with Crippen molar-refractivity contribution in [1.29, 1.82) is 0 Å². The van der Waals surface area contributed by atoms with Crippen LogP contribution >= 0.6 is 0 Å². The van der Waals surface area contributed by atoms with E-state index in [0.29, 0.717) is 19.3 Å². The molecule has 396 valence electrons. The van der Waals surface area contributed by atoms with Crippen molar-refractivity contribution in [2.75, 3.05) is 13.2 Å². The standard InChI is InChI=1S/C63H108O6/c1-4-7-10-13-16-19-21-23-25-27-29-31-33-35-37-39-41-44-47-50-53-56-62(65)68-59-60(58-67-61(64)55-52-49-46-43-18-15-12-9-6-3)69-63(66)57-54-51-48-45-42-40-38-36-34-32-30-28-26-24-22-20-17-14-11-8-5-2/h7,10,16,19,22-25,28-31,34,36,60H,4-6,8-9,11-15,17-18,20-21,26-27,32-33,35,37-59H2,1-3H3/b10-7-,19-16-,24-22-,25-23-,30-28-,31-29-,36-34-. The van der Waals surface area contributed by atoms with Gasteiger partial charge in [-0.25, -0.2) is 0 Å². The van der Waals surface area contributed by atoms with Crippen molar-refractivity contribution in [3.63, 3.8) is 0 Å². The first-order valence-corrected chi connectivity index (χ1v) is 29.1. The average molecular weight is 962 g/mol. The van der Waals surface area contributed by atoms with E-state index in [1.807, 2.05) is 0 Å². The molecule has 1 atom stereocenters. The Labute approximate surface area is 426 Å². The Bertz CT molecular complexity index is 1330. The summed E-state index contributed by atoms with van der Waals surface area (Å²) in [6.07, 6.45) is 74.3. The molecule has 69 heavy (non-hydrogen) atoms. The van der Waals surface area contributed by atoms with E-state index in [0.717, 1.165) is 116 Å². The van der Waals surface area contributed by atoms with Crippen molar-refractivity contribution >= 4 is 17.9 Å². The summed E-state index contributed by atoms with van der Waals surface area (Å²) in [6.45, 7) is 6.49. The van der Waals surface area contributed by atoms with E-state index >= 15 is 0 Å². The van der Waals surface area contributed by atoms with Crippen LogP contribution < -0.4 is 0 Å². The number of hydrogen-bond acceptors (Lipinski definition) is 6. The summed E-state index contributed by atoms with van der Waals surface area (Å²) in [5.74, 6) is -0.901. The number of carbonyl (C=O) groups excluding carboxylic acids is 3. The third-order valence-corrected chi connectivity index (χ3v) is 12.4. The average Bonchev–Trinajstić information content (AvgIpc) is 3.35. The van der Waals surface area contributed by atoms with E-state index in [9.17, 15) is 14.4 Å². The number of unbranched alkanes of at least 4 members (excludes halogenated alkanes) is 27. The van der Waals surface area contributed by atoms with Gasteiger partial charge in [-0.2, -0.15) is 0 Å². The third kappa shape index (κ3) is 55.4. The van der Waals surface area contributed by atoms with Crippen LogP contribution in [0.5, 0.6) is 0 Å². The molecule has 0 N–H and O–H groups in total. The number of carbonyl (C=O) groups is 3. The zero-order valence-electron chi connectivity index (χ0n) is 45.3. The molecule has 0 amide bonds. The predicted octanol–water partition coefficient (Wildman–Crippen LogP) is 19.5. The van der Waals surface area contributed by atoms with E-state index in [-0.39, 0.29) is 31.1 Å². The molecule has 0 aromatic heterocycles. The molecule has 0 saturated heterocycles. The molecule has 1 unspecified atom stereocenters. The second-order valence-corrected chi connectivity index (χ2v) is 19.2. The molecule has 0 saturated carbocycles. The highest BCUT2D eigenvalue weighted by atomic mass is 16.6. The molecule has 0 bridgehead atoms. The van der Waals surface area contributed by atoms with Gasteiger partial charge in [0.1, 0.15) is 13.2 Å². The van der Waals surface area contributed by atoms with Crippen LogP contribution in [0.4, 0.5) is 0 Å².